The number of carbonyl (C=O) groups excluding carboxylic acids is 2. The number of pyridine rings is 1. The van der Waals surface area contributed by atoms with Gasteiger partial charge in [-0.25, -0.2) is 0 Å². The average Bonchev–Trinajstić information content (AvgIpc) is 3.39. The summed E-state index contributed by atoms with van der Waals surface area (Å²) in [5.41, 5.74) is 4.40. The minimum Gasteiger partial charge on any atom is -0.333 e. The van der Waals surface area contributed by atoms with Crippen LogP contribution in [0.4, 0.5) is 5.69 Å². The molecule has 2 atom stereocenters. The van der Waals surface area contributed by atoms with Gasteiger partial charge in [-0.1, -0.05) is 24.3 Å². The van der Waals surface area contributed by atoms with Crippen molar-refractivity contribution in [3.8, 4) is 0 Å². The Labute approximate surface area is 212 Å². The lowest BCUT2D eigenvalue weighted by molar-refractivity contribution is -0.116. The molecule has 188 valence electrons. The van der Waals surface area contributed by atoms with Crippen molar-refractivity contribution in [2.75, 3.05) is 18.0 Å². The summed E-state index contributed by atoms with van der Waals surface area (Å²) in [7, 11) is 1.84. The van der Waals surface area contributed by atoms with Gasteiger partial charge in [0.05, 0.1) is 11.3 Å². The highest BCUT2D eigenvalue weighted by Gasteiger charge is 2.37. The Hall–Kier alpha value is -3.52. The summed E-state index contributed by atoms with van der Waals surface area (Å²) < 4.78 is 1.70. The average molecular weight is 487 g/mol. The summed E-state index contributed by atoms with van der Waals surface area (Å²) in [6, 6.07) is 12.6. The molecule has 36 heavy (non-hydrogen) atoms. The molecule has 0 radical (unpaired) electrons. The molecule has 1 saturated heterocycles. The maximum absolute atomic E-state index is 13.9. The fraction of sp³-hybridized carbons (Fsp3) is 0.429. The van der Waals surface area contributed by atoms with Crippen molar-refractivity contribution in [3.05, 3.63) is 77.4 Å². The summed E-state index contributed by atoms with van der Waals surface area (Å²) in [5, 5.41) is 4.41. The molecule has 2 aliphatic heterocycles. The van der Waals surface area contributed by atoms with Crippen LogP contribution in [0.15, 0.2) is 55.0 Å². The van der Waals surface area contributed by atoms with Crippen molar-refractivity contribution >= 4 is 17.5 Å². The molecule has 0 spiro atoms. The third kappa shape index (κ3) is 4.91. The highest BCUT2D eigenvalue weighted by atomic mass is 16.2. The number of para-hydroxylation sites is 1. The molecule has 4 heterocycles. The van der Waals surface area contributed by atoms with Crippen LogP contribution in [-0.4, -0.2) is 61.6 Å². The largest absolute Gasteiger partial charge is 0.333 e. The van der Waals surface area contributed by atoms with E-state index >= 15 is 0 Å². The zero-order chi connectivity index (χ0) is 25.2. The fourth-order valence-electron chi connectivity index (χ4n) is 5.77. The minimum atomic E-state index is -0.0196. The number of carbonyl (C=O) groups is 2. The number of aryl methyl sites for hydroxylation is 2. The first kappa shape index (κ1) is 24.2. The van der Waals surface area contributed by atoms with E-state index in [0.29, 0.717) is 31.2 Å². The second kappa shape index (κ2) is 10.2. The predicted octanol–water partition coefficient (Wildman–Crippen LogP) is 3.56. The van der Waals surface area contributed by atoms with Gasteiger partial charge in [0.15, 0.2) is 0 Å². The Morgan fingerprint density at radius 3 is 2.58 bits per heavy atom. The second-order valence-electron chi connectivity index (χ2n) is 9.99. The summed E-state index contributed by atoms with van der Waals surface area (Å²) >= 11 is 0. The van der Waals surface area contributed by atoms with Crippen molar-refractivity contribution in [3.63, 3.8) is 0 Å². The molecule has 2 unspecified atom stereocenters. The van der Waals surface area contributed by atoms with Gasteiger partial charge in [-0.3, -0.25) is 24.2 Å². The maximum Gasteiger partial charge on any atom is 0.257 e. The van der Waals surface area contributed by atoms with Gasteiger partial charge in [0.2, 0.25) is 5.91 Å². The van der Waals surface area contributed by atoms with Crippen LogP contribution >= 0.6 is 0 Å². The molecule has 1 fully saturated rings. The third-order valence-electron chi connectivity index (χ3n) is 7.53. The molecule has 3 aromatic rings. The number of anilines is 1. The summed E-state index contributed by atoms with van der Waals surface area (Å²) in [5.74, 6) is 0.00448. The zero-order valence-electron chi connectivity index (χ0n) is 21.3. The predicted molar refractivity (Wildman–Crippen MR) is 138 cm³/mol. The Morgan fingerprint density at radius 2 is 1.86 bits per heavy atom. The molecule has 2 amide bonds. The van der Waals surface area contributed by atoms with E-state index in [0.717, 1.165) is 48.3 Å². The van der Waals surface area contributed by atoms with Crippen molar-refractivity contribution in [2.45, 2.75) is 58.3 Å². The van der Waals surface area contributed by atoms with E-state index in [9.17, 15) is 9.59 Å². The molecule has 8 heteroatoms. The van der Waals surface area contributed by atoms with Crippen LogP contribution in [0.2, 0.25) is 0 Å². The van der Waals surface area contributed by atoms with Gasteiger partial charge in [0.1, 0.15) is 0 Å². The SMILES string of the molecule is CC(=O)N1CCC2CCC(CN(C(=O)c3cn(C)nc3C)Cc3ccccc31)N2Cc1cccnc1. The monoisotopic (exact) mass is 486 g/mol. The highest BCUT2D eigenvalue weighted by Crippen LogP contribution is 2.33. The van der Waals surface area contributed by atoms with E-state index in [1.54, 1.807) is 24.0 Å². The molecular weight excluding hydrogens is 452 g/mol. The molecule has 2 aromatic heterocycles. The Balaban J connectivity index is 1.55. The van der Waals surface area contributed by atoms with E-state index < -0.39 is 0 Å². The lowest BCUT2D eigenvalue weighted by Gasteiger charge is -2.33. The smallest absolute Gasteiger partial charge is 0.257 e. The van der Waals surface area contributed by atoms with Crippen molar-refractivity contribution in [2.24, 2.45) is 7.05 Å². The Bertz CT molecular complexity index is 1240. The Morgan fingerprint density at radius 1 is 1.06 bits per heavy atom. The van der Waals surface area contributed by atoms with E-state index in [2.05, 4.69) is 21.0 Å². The van der Waals surface area contributed by atoms with E-state index in [4.69, 9.17) is 0 Å². The number of benzene rings is 1. The first-order valence-corrected chi connectivity index (χ1v) is 12.7. The molecule has 0 N–H and O–H groups in total. The molecule has 5 rings (SSSR count). The fourth-order valence-corrected chi connectivity index (χ4v) is 5.77. The van der Waals surface area contributed by atoms with Crippen LogP contribution in [0, 0.1) is 6.92 Å². The van der Waals surface area contributed by atoms with Gasteiger partial charge in [-0.15, -0.1) is 0 Å². The van der Waals surface area contributed by atoms with E-state index in [1.165, 1.54) is 0 Å². The maximum atomic E-state index is 13.9. The highest BCUT2D eigenvalue weighted by molar-refractivity contribution is 5.95. The molecular formula is C28H34N6O2. The number of hydrogen-bond acceptors (Lipinski definition) is 5. The third-order valence-corrected chi connectivity index (χ3v) is 7.53. The van der Waals surface area contributed by atoms with Crippen LogP contribution in [0.5, 0.6) is 0 Å². The van der Waals surface area contributed by atoms with Gasteiger partial charge < -0.3 is 9.80 Å². The Kier molecular flexibility index (Phi) is 6.87. The zero-order valence-corrected chi connectivity index (χ0v) is 21.3. The molecule has 2 bridgehead atoms. The van der Waals surface area contributed by atoms with Gasteiger partial charge >= 0.3 is 0 Å². The minimum absolute atomic E-state index is 0.0196. The number of fused-ring (bicyclic) bond motifs is 3. The number of amides is 2. The standard InChI is InChI=1S/C28H34N6O2/c1-20-26(19-31(3)30-20)28(36)32-17-23-8-4-5-9-27(23)33(21(2)35)14-12-24-10-11-25(18-32)34(24)16-22-7-6-13-29-15-22/h4-9,13,15,19,24-25H,10-12,14,16-18H2,1-3H3. The lowest BCUT2D eigenvalue weighted by Crippen LogP contribution is -2.45. The first-order valence-electron chi connectivity index (χ1n) is 12.7. The van der Waals surface area contributed by atoms with Crippen LogP contribution in [0.1, 0.15) is 53.4 Å². The molecule has 0 aliphatic carbocycles. The normalized spacial score (nSPS) is 20.6. The second-order valence-corrected chi connectivity index (χ2v) is 9.99. The molecule has 1 aromatic carbocycles. The molecule has 0 saturated carbocycles. The van der Waals surface area contributed by atoms with Gasteiger partial charge in [-0.2, -0.15) is 5.10 Å². The number of rotatable bonds is 3. The number of aromatic nitrogens is 3. The van der Waals surface area contributed by atoms with Gasteiger partial charge in [-0.05, 0) is 49.4 Å². The number of hydrogen-bond donors (Lipinski definition) is 0. The van der Waals surface area contributed by atoms with Crippen molar-refractivity contribution in [1.82, 2.24) is 24.6 Å². The molecule has 2 aliphatic rings. The summed E-state index contributed by atoms with van der Waals surface area (Å²) in [6.07, 6.45) is 8.48. The molecule has 8 nitrogen and oxygen atoms in total. The van der Waals surface area contributed by atoms with Crippen molar-refractivity contribution < 1.29 is 9.59 Å². The van der Waals surface area contributed by atoms with E-state index in [-0.39, 0.29) is 17.9 Å². The van der Waals surface area contributed by atoms with Gasteiger partial charge in [0.25, 0.3) is 5.91 Å². The van der Waals surface area contributed by atoms with Crippen LogP contribution in [0.25, 0.3) is 0 Å². The lowest BCUT2D eigenvalue weighted by atomic mass is 10.1. The topological polar surface area (TPSA) is 74.6 Å². The van der Waals surface area contributed by atoms with Crippen molar-refractivity contribution in [1.29, 1.82) is 0 Å². The quantitative estimate of drug-likeness (QED) is 0.566. The number of nitrogens with zero attached hydrogens (tertiary/aromatic N) is 6. The van der Waals surface area contributed by atoms with Crippen LogP contribution in [0.3, 0.4) is 0 Å². The first-order chi connectivity index (χ1) is 17.4. The van der Waals surface area contributed by atoms with Gasteiger partial charge in [0, 0.05) is 76.5 Å². The van der Waals surface area contributed by atoms with Crippen LogP contribution in [-0.2, 0) is 24.9 Å². The summed E-state index contributed by atoms with van der Waals surface area (Å²) in [6.45, 7) is 6.01. The van der Waals surface area contributed by atoms with E-state index in [1.807, 2.05) is 60.3 Å². The van der Waals surface area contributed by atoms with Crippen LogP contribution < -0.4 is 4.90 Å². The summed E-state index contributed by atoms with van der Waals surface area (Å²) in [4.78, 5) is 37.4.